The van der Waals surface area contributed by atoms with Crippen LogP contribution in [0.4, 0.5) is 11.4 Å². The standard InChI is InChI=1S/C21H26N2O3S/c1-17-11-14-23(15-12-17)19-9-7-18(8-10-19)22-21(24)13-16-27(25,26)20-5-3-2-4-6-20/h2-10,17H,11-16H2,1H3,(H,22,24). The molecule has 1 saturated heterocycles. The first-order valence-electron chi connectivity index (χ1n) is 9.37. The van der Waals surface area contributed by atoms with Crippen LogP contribution in [0.15, 0.2) is 59.5 Å². The summed E-state index contributed by atoms with van der Waals surface area (Å²) in [4.78, 5) is 14.7. The van der Waals surface area contributed by atoms with Gasteiger partial charge in [-0.15, -0.1) is 0 Å². The van der Waals surface area contributed by atoms with E-state index in [0.29, 0.717) is 5.69 Å². The number of nitrogens with zero attached hydrogens (tertiary/aromatic N) is 1. The van der Waals surface area contributed by atoms with Crippen molar-refractivity contribution < 1.29 is 13.2 Å². The van der Waals surface area contributed by atoms with Crippen molar-refractivity contribution in [2.24, 2.45) is 5.92 Å². The molecule has 0 unspecified atom stereocenters. The highest BCUT2D eigenvalue weighted by Crippen LogP contribution is 2.24. The Labute approximate surface area is 161 Å². The number of hydrogen-bond donors (Lipinski definition) is 1. The predicted molar refractivity (Wildman–Crippen MR) is 109 cm³/mol. The van der Waals surface area contributed by atoms with Gasteiger partial charge in [0.1, 0.15) is 0 Å². The molecule has 0 atom stereocenters. The highest BCUT2D eigenvalue weighted by Gasteiger charge is 2.17. The molecule has 0 bridgehead atoms. The van der Waals surface area contributed by atoms with E-state index in [2.05, 4.69) is 17.1 Å². The van der Waals surface area contributed by atoms with E-state index >= 15 is 0 Å². The molecule has 0 spiro atoms. The molecule has 2 aromatic carbocycles. The van der Waals surface area contributed by atoms with Crippen molar-refractivity contribution in [3.8, 4) is 0 Å². The molecule has 0 aliphatic carbocycles. The summed E-state index contributed by atoms with van der Waals surface area (Å²) in [6, 6.07) is 16.0. The van der Waals surface area contributed by atoms with Crippen molar-refractivity contribution in [2.75, 3.05) is 29.1 Å². The van der Waals surface area contributed by atoms with Gasteiger partial charge in [-0.05, 0) is 55.2 Å². The molecule has 0 radical (unpaired) electrons. The Kier molecular flexibility index (Phi) is 6.16. The van der Waals surface area contributed by atoms with Crippen LogP contribution in [0.5, 0.6) is 0 Å². The largest absolute Gasteiger partial charge is 0.372 e. The minimum Gasteiger partial charge on any atom is -0.372 e. The summed E-state index contributed by atoms with van der Waals surface area (Å²) in [6.45, 7) is 4.41. The molecule has 1 aliphatic heterocycles. The molecule has 1 N–H and O–H groups in total. The fourth-order valence-corrected chi connectivity index (χ4v) is 4.48. The summed E-state index contributed by atoms with van der Waals surface area (Å²) < 4.78 is 24.5. The van der Waals surface area contributed by atoms with Gasteiger partial charge in [0.05, 0.1) is 10.6 Å². The molecule has 5 nitrogen and oxygen atoms in total. The molecule has 0 aromatic heterocycles. The lowest BCUT2D eigenvalue weighted by Crippen LogP contribution is -2.32. The molecule has 1 aliphatic rings. The Bertz CT molecular complexity index is 856. The van der Waals surface area contributed by atoms with E-state index in [-0.39, 0.29) is 23.0 Å². The minimum absolute atomic E-state index is 0.0665. The zero-order chi connectivity index (χ0) is 19.3. The summed E-state index contributed by atoms with van der Waals surface area (Å²) in [7, 11) is -3.44. The lowest BCUT2D eigenvalue weighted by atomic mass is 9.99. The average molecular weight is 387 g/mol. The Balaban J connectivity index is 1.52. The van der Waals surface area contributed by atoms with E-state index in [0.717, 1.165) is 24.7 Å². The molecular weight excluding hydrogens is 360 g/mol. The zero-order valence-corrected chi connectivity index (χ0v) is 16.4. The molecule has 1 heterocycles. The van der Waals surface area contributed by atoms with Crippen LogP contribution in [0.25, 0.3) is 0 Å². The average Bonchev–Trinajstić information content (AvgIpc) is 2.68. The van der Waals surface area contributed by atoms with Crippen LogP contribution in [0.1, 0.15) is 26.2 Å². The lowest BCUT2D eigenvalue weighted by molar-refractivity contribution is -0.115. The third-order valence-corrected chi connectivity index (χ3v) is 6.73. The summed E-state index contributed by atoms with van der Waals surface area (Å²) >= 11 is 0. The quantitative estimate of drug-likeness (QED) is 0.822. The molecule has 1 amide bonds. The second kappa shape index (κ2) is 8.57. The van der Waals surface area contributed by atoms with Gasteiger partial charge in [-0.1, -0.05) is 25.1 Å². The van der Waals surface area contributed by atoms with E-state index in [1.54, 1.807) is 30.3 Å². The smallest absolute Gasteiger partial charge is 0.225 e. The summed E-state index contributed by atoms with van der Waals surface area (Å²) in [5.74, 6) is 0.286. The highest BCUT2D eigenvalue weighted by molar-refractivity contribution is 7.91. The van der Waals surface area contributed by atoms with Crippen LogP contribution < -0.4 is 10.2 Å². The Hall–Kier alpha value is -2.34. The summed E-state index contributed by atoms with van der Waals surface area (Å²) in [6.07, 6.45) is 2.34. The van der Waals surface area contributed by atoms with Gasteiger partial charge in [0, 0.05) is 30.9 Å². The zero-order valence-electron chi connectivity index (χ0n) is 15.6. The molecule has 3 rings (SSSR count). The van der Waals surface area contributed by atoms with Gasteiger partial charge in [0.15, 0.2) is 9.84 Å². The number of carbonyl (C=O) groups is 1. The van der Waals surface area contributed by atoms with Gasteiger partial charge in [-0.2, -0.15) is 0 Å². The first kappa shape index (κ1) is 19.4. The number of hydrogen-bond acceptors (Lipinski definition) is 4. The van der Waals surface area contributed by atoms with Crippen LogP contribution in [-0.4, -0.2) is 33.2 Å². The molecule has 27 heavy (non-hydrogen) atoms. The second-order valence-electron chi connectivity index (χ2n) is 7.15. The lowest BCUT2D eigenvalue weighted by Gasteiger charge is -2.32. The number of nitrogens with one attached hydrogen (secondary N) is 1. The Morgan fingerprint density at radius 2 is 1.67 bits per heavy atom. The second-order valence-corrected chi connectivity index (χ2v) is 9.26. The SMILES string of the molecule is CC1CCN(c2ccc(NC(=O)CCS(=O)(=O)c3ccccc3)cc2)CC1. The molecular formula is C21H26N2O3S. The number of amides is 1. The molecule has 0 saturated carbocycles. The summed E-state index contributed by atoms with van der Waals surface area (Å²) in [5.41, 5.74) is 1.85. The third kappa shape index (κ3) is 5.32. The van der Waals surface area contributed by atoms with Crippen molar-refractivity contribution in [2.45, 2.75) is 31.1 Å². The van der Waals surface area contributed by atoms with Gasteiger partial charge in [-0.25, -0.2) is 8.42 Å². The van der Waals surface area contributed by atoms with E-state index in [9.17, 15) is 13.2 Å². The van der Waals surface area contributed by atoms with Crippen LogP contribution in [0, 0.1) is 5.92 Å². The number of piperidine rings is 1. The van der Waals surface area contributed by atoms with Gasteiger partial charge in [-0.3, -0.25) is 4.79 Å². The number of anilines is 2. The van der Waals surface area contributed by atoms with Crippen LogP contribution in [0.2, 0.25) is 0 Å². The van der Waals surface area contributed by atoms with Gasteiger partial charge in [0.2, 0.25) is 5.91 Å². The Morgan fingerprint density at radius 1 is 1.04 bits per heavy atom. The monoisotopic (exact) mass is 386 g/mol. The van der Waals surface area contributed by atoms with Crippen LogP contribution in [-0.2, 0) is 14.6 Å². The van der Waals surface area contributed by atoms with Crippen LogP contribution >= 0.6 is 0 Å². The molecule has 144 valence electrons. The first-order chi connectivity index (χ1) is 12.9. The van der Waals surface area contributed by atoms with E-state index in [1.807, 2.05) is 24.3 Å². The van der Waals surface area contributed by atoms with Gasteiger partial charge in [0.25, 0.3) is 0 Å². The number of benzene rings is 2. The van der Waals surface area contributed by atoms with Crippen molar-refractivity contribution in [3.05, 3.63) is 54.6 Å². The summed E-state index contributed by atoms with van der Waals surface area (Å²) in [5, 5.41) is 2.78. The molecule has 1 fully saturated rings. The van der Waals surface area contributed by atoms with Crippen molar-refractivity contribution in [1.29, 1.82) is 0 Å². The van der Waals surface area contributed by atoms with E-state index in [4.69, 9.17) is 0 Å². The first-order valence-corrected chi connectivity index (χ1v) is 11.0. The number of carbonyl (C=O) groups excluding carboxylic acids is 1. The number of sulfone groups is 1. The predicted octanol–water partition coefficient (Wildman–Crippen LogP) is 3.73. The molecule has 2 aromatic rings. The maximum atomic E-state index is 12.2. The topological polar surface area (TPSA) is 66.5 Å². The van der Waals surface area contributed by atoms with Crippen molar-refractivity contribution in [3.63, 3.8) is 0 Å². The fraction of sp³-hybridized carbons (Fsp3) is 0.381. The van der Waals surface area contributed by atoms with Gasteiger partial charge >= 0.3 is 0 Å². The third-order valence-electron chi connectivity index (χ3n) is 5.00. The molecule has 6 heteroatoms. The minimum atomic E-state index is -3.44. The highest BCUT2D eigenvalue weighted by atomic mass is 32.2. The normalized spacial score (nSPS) is 15.5. The fourth-order valence-electron chi connectivity index (χ4n) is 3.22. The van der Waals surface area contributed by atoms with Crippen LogP contribution in [0.3, 0.4) is 0 Å². The number of rotatable bonds is 6. The van der Waals surface area contributed by atoms with E-state index < -0.39 is 9.84 Å². The Morgan fingerprint density at radius 3 is 2.30 bits per heavy atom. The maximum absolute atomic E-state index is 12.2. The maximum Gasteiger partial charge on any atom is 0.225 e. The van der Waals surface area contributed by atoms with Crippen molar-refractivity contribution in [1.82, 2.24) is 0 Å². The van der Waals surface area contributed by atoms with E-state index in [1.165, 1.54) is 12.8 Å². The van der Waals surface area contributed by atoms with Crippen molar-refractivity contribution >= 4 is 27.1 Å². The van der Waals surface area contributed by atoms with Gasteiger partial charge < -0.3 is 10.2 Å².